The molecule has 0 spiro atoms. The van der Waals surface area contributed by atoms with E-state index in [0.29, 0.717) is 35.1 Å². The molecule has 0 atom stereocenters. The highest BCUT2D eigenvalue weighted by Gasteiger charge is 2.22. The Kier molecular flexibility index (Phi) is 5.58. The van der Waals surface area contributed by atoms with Gasteiger partial charge in [0, 0.05) is 23.7 Å². The fraction of sp³-hybridized carbons (Fsp3) is 0.304. The van der Waals surface area contributed by atoms with Gasteiger partial charge in [-0.15, -0.1) is 22.8 Å². The van der Waals surface area contributed by atoms with Gasteiger partial charge in [-0.1, -0.05) is 6.92 Å². The molecule has 0 radical (unpaired) electrons. The molecule has 0 aliphatic rings. The summed E-state index contributed by atoms with van der Waals surface area (Å²) in [4.78, 5) is 0. The van der Waals surface area contributed by atoms with E-state index in [2.05, 4.69) is 41.2 Å². The first-order valence-electron chi connectivity index (χ1n) is 10.3. The zero-order chi connectivity index (χ0) is 22.3. The molecule has 0 aliphatic carbocycles. The molecule has 0 unspecified atom stereocenters. The average molecular weight is 439 g/mol. The van der Waals surface area contributed by atoms with E-state index in [4.69, 9.17) is 4.74 Å². The molecule has 4 rings (SSSR count). The third-order valence-electron chi connectivity index (χ3n) is 5.38. The number of aryl methyl sites for hydroxylation is 1. The molecule has 4 aromatic rings. The summed E-state index contributed by atoms with van der Waals surface area (Å²) in [5.41, 5.74) is 3.00. The minimum Gasteiger partial charge on any atom is -0.508 e. The summed E-state index contributed by atoms with van der Waals surface area (Å²) in [7, 11) is 0. The van der Waals surface area contributed by atoms with Crippen LogP contribution in [0.1, 0.15) is 39.3 Å². The van der Waals surface area contributed by atoms with E-state index in [0.717, 1.165) is 22.3 Å². The fourth-order valence-corrected chi connectivity index (χ4v) is 4.14. The van der Waals surface area contributed by atoms with Gasteiger partial charge < -0.3 is 19.5 Å². The highest BCUT2D eigenvalue weighted by molar-refractivity contribution is 7.80. The zero-order valence-corrected chi connectivity index (χ0v) is 18.9. The van der Waals surface area contributed by atoms with Crippen molar-refractivity contribution in [1.82, 2.24) is 19.3 Å². The Hall–Kier alpha value is -3.13. The second-order valence-corrected chi connectivity index (χ2v) is 8.01. The third kappa shape index (κ3) is 3.50. The molecule has 31 heavy (non-hydrogen) atoms. The van der Waals surface area contributed by atoms with Gasteiger partial charge in [-0.25, -0.2) is 0 Å². The van der Waals surface area contributed by atoms with Crippen molar-refractivity contribution in [2.24, 2.45) is 0 Å². The second-order valence-electron chi connectivity index (χ2n) is 7.61. The first-order chi connectivity index (χ1) is 14.9. The van der Waals surface area contributed by atoms with Gasteiger partial charge in [0.25, 0.3) is 0 Å². The number of benzene rings is 2. The lowest BCUT2D eigenvalue weighted by atomic mass is 10.1. The predicted molar refractivity (Wildman–Crippen MR) is 124 cm³/mol. The van der Waals surface area contributed by atoms with Crippen molar-refractivity contribution in [3.63, 3.8) is 0 Å². The largest absolute Gasteiger partial charge is 0.508 e. The Bertz CT molecular complexity index is 1260. The molecule has 2 heterocycles. The van der Waals surface area contributed by atoms with Crippen LogP contribution in [0, 0.1) is 0 Å². The first-order valence-corrected chi connectivity index (χ1v) is 10.8. The molecule has 162 valence electrons. The van der Waals surface area contributed by atoms with E-state index in [-0.39, 0.29) is 17.5 Å². The van der Waals surface area contributed by atoms with Crippen molar-refractivity contribution in [3.8, 4) is 34.3 Å². The van der Waals surface area contributed by atoms with E-state index < -0.39 is 0 Å². The van der Waals surface area contributed by atoms with Gasteiger partial charge in [0.1, 0.15) is 17.2 Å². The van der Waals surface area contributed by atoms with Crippen LogP contribution >= 0.6 is 12.6 Å². The maximum absolute atomic E-state index is 10.6. The van der Waals surface area contributed by atoms with E-state index in [1.165, 1.54) is 6.07 Å². The number of fused-ring (bicyclic) bond motifs is 1. The number of hydrogen-bond donors (Lipinski definition) is 3. The minimum atomic E-state index is -0.0707. The number of aromatic hydroxyl groups is 2. The fourth-order valence-electron chi connectivity index (χ4n) is 3.89. The molecular weight excluding hydrogens is 412 g/mol. The number of thiol groups is 1. The topological polar surface area (TPSA) is 85.3 Å². The highest BCUT2D eigenvalue weighted by atomic mass is 32.1. The van der Waals surface area contributed by atoms with E-state index >= 15 is 0 Å². The van der Waals surface area contributed by atoms with Crippen molar-refractivity contribution in [3.05, 3.63) is 42.1 Å². The van der Waals surface area contributed by atoms with Crippen LogP contribution < -0.4 is 4.74 Å². The maximum Gasteiger partial charge on any atom is 0.193 e. The number of aromatic nitrogens is 4. The van der Waals surface area contributed by atoms with Crippen LogP contribution in [-0.4, -0.2) is 36.2 Å². The van der Waals surface area contributed by atoms with Gasteiger partial charge in [0.2, 0.25) is 0 Å². The minimum absolute atomic E-state index is 0.0541. The van der Waals surface area contributed by atoms with Crippen LogP contribution in [0.25, 0.3) is 28.0 Å². The zero-order valence-electron chi connectivity index (χ0n) is 18.0. The van der Waals surface area contributed by atoms with Gasteiger partial charge >= 0.3 is 0 Å². The Labute approximate surface area is 186 Å². The van der Waals surface area contributed by atoms with Crippen molar-refractivity contribution in [1.29, 1.82) is 0 Å². The van der Waals surface area contributed by atoms with E-state index in [1.807, 2.05) is 38.2 Å². The van der Waals surface area contributed by atoms with Gasteiger partial charge in [0.15, 0.2) is 11.0 Å². The van der Waals surface area contributed by atoms with Crippen molar-refractivity contribution < 1.29 is 14.9 Å². The summed E-state index contributed by atoms with van der Waals surface area (Å²) >= 11 is 4.54. The Morgan fingerprint density at radius 2 is 1.84 bits per heavy atom. The number of ether oxygens (including phenoxy) is 1. The van der Waals surface area contributed by atoms with Crippen LogP contribution in [-0.2, 0) is 6.42 Å². The summed E-state index contributed by atoms with van der Waals surface area (Å²) in [6.45, 7) is 8.71. The molecule has 8 heteroatoms. The van der Waals surface area contributed by atoms with Crippen LogP contribution in [0.3, 0.4) is 0 Å². The molecule has 0 bridgehead atoms. The molecular formula is C23H26N4O3S. The lowest BCUT2D eigenvalue weighted by Crippen LogP contribution is -2.04. The van der Waals surface area contributed by atoms with Gasteiger partial charge in [-0.2, -0.15) is 0 Å². The molecule has 0 fully saturated rings. The molecule has 2 aromatic carbocycles. The number of nitrogens with zero attached hydrogens (tertiary/aromatic N) is 4. The summed E-state index contributed by atoms with van der Waals surface area (Å²) in [5, 5.41) is 30.5. The Morgan fingerprint density at radius 1 is 1.06 bits per heavy atom. The van der Waals surface area contributed by atoms with Crippen LogP contribution in [0.15, 0.2) is 41.7 Å². The highest BCUT2D eigenvalue weighted by Crippen LogP contribution is 2.39. The molecule has 0 aliphatic heterocycles. The van der Waals surface area contributed by atoms with Crippen molar-refractivity contribution in [2.45, 2.75) is 45.3 Å². The molecule has 0 amide bonds. The Morgan fingerprint density at radius 3 is 2.52 bits per heavy atom. The lowest BCUT2D eigenvalue weighted by Gasteiger charge is -2.16. The number of rotatable bonds is 6. The van der Waals surface area contributed by atoms with E-state index in [9.17, 15) is 10.2 Å². The average Bonchev–Trinajstić information content (AvgIpc) is 3.33. The summed E-state index contributed by atoms with van der Waals surface area (Å²) in [5.74, 6) is 1.23. The van der Waals surface area contributed by atoms with Crippen LogP contribution in [0.2, 0.25) is 0 Å². The quantitative estimate of drug-likeness (QED) is 0.363. The second kappa shape index (κ2) is 8.19. The molecule has 2 N–H and O–H groups in total. The third-order valence-corrected chi connectivity index (χ3v) is 5.67. The molecule has 2 aromatic heterocycles. The Balaban J connectivity index is 2.00. The summed E-state index contributed by atoms with van der Waals surface area (Å²) in [6.07, 6.45) is 2.66. The molecule has 0 saturated heterocycles. The van der Waals surface area contributed by atoms with Gasteiger partial charge in [-0.3, -0.25) is 4.57 Å². The monoisotopic (exact) mass is 438 g/mol. The van der Waals surface area contributed by atoms with Gasteiger partial charge in [-0.05, 0) is 57.0 Å². The van der Waals surface area contributed by atoms with Crippen molar-refractivity contribution in [2.75, 3.05) is 6.61 Å². The van der Waals surface area contributed by atoms with E-state index in [1.54, 1.807) is 10.6 Å². The lowest BCUT2D eigenvalue weighted by molar-refractivity contribution is 0.342. The summed E-state index contributed by atoms with van der Waals surface area (Å²) < 4.78 is 9.87. The number of phenols is 2. The maximum atomic E-state index is 10.6. The molecule has 7 nitrogen and oxygen atoms in total. The van der Waals surface area contributed by atoms with Crippen LogP contribution in [0.4, 0.5) is 0 Å². The summed E-state index contributed by atoms with van der Waals surface area (Å²) in [6, 6.07) is 9.25. The number of phenolic OH excluding ortho intramolecular Hbond substituents is 2. The van der Waals surface area contributed by atoms with Crippen LogP contribution in [0.5, 0.6) is 17.2 Å². The van der Waals surface area contributed by atoms with Gasteiger partial charge in [0.05, 0.1) is 23.4 Å². The standard InChI is InChI=1S/C23H26N4O3S/c1-5-14-11-16(19(29)12-18(14)28)22-24-25-23(31)27(22)17-7-8-20(30-6-2)21-15(17)9-10-26(21)13(3)4/h7-13,28-29H,5-6H2,1-4H3,(H,25,31). The number of hydrogen-bond acceptors (Lipinski definition) is 6. The normalized spacial score (nSPS) is 11.5. The predicted octanol–water partition coefficient (Wildman–Crippen LogP) is 5.13. The molecule has 0 saturated carbocycles. The smallest absolute Gasteiger partial charge is 0.193 e. The van der Waals surface area contributed by atoms with Crippen molar-refractivity contribution >= 4 is 23.5 Å². The SMILES string of the molecule is CCOc1ccc(-n2c(S)nnc2-c2cc(CC)c(O)cc2O)c2ccn(C(C)C)c12. The first kappa shape index (κ1) is 21.1.